The van der Waals surface area contributed by atoms with Crippen LogP contribution in [0.1, 0.15) is 30.6 Å². The molecule has 0 aliphatic rings. The van der Waals surface area contributed by atoms with Crippen molar-refractivity contribution in [3.63, 3.8) is 0 Å². The topological polar surface area (TPSA) is 26.3 Å². The van der Waals surface area contributed by atoms with E-state index in [-0.39, 0.29) is 0 Å². The van der Waals surface area contributed by atoms with E-state index in [0.29, 0.717) is 11.3 Å². The van der Waals surface area contributed by atoms with Crippen LogP contribution in [-0.4, -0.2) is 17.8 Å². The first-order chi connectivity index (χ1) is 8.65. The van der Waals surface area contributed by atoms with Crippen molar-refractivity contribution >= 4 is 45.5 Å². The van der Waals surface area contributed by atoms with E-state index in [2.05, 4.69) is 13.8 Å². The minimum atomic E-state index is -1.99. The van der Waals surface area contributed by atoms with E-state index in [0.717, 1.165) is 24.2 Å². The normalized spacial score (nSPS) is 13.9. The molecule has 100 valence electrons. The molecule has 0 heterocycles. The summed E-state index contributed by atoms with van der Waals surface area (Å²) in [6, 6.07) is 7.26. The van der Waals surface area contributed by atoms with Gasteiger partial charge in [-0.05, 0) is 36.1 Å². The van der Waals surface area contributed by atoms with Crippen LogP contribution in [0.15, 0.2) is 24.3 Å². The van der Waals surface area contributed by atoms with Crippen molar-refractivity contribution in [2.24, 2.45) is 0 Å². The summed E-state index contributed by atoms with van der Waals surface area (Å²) in [4.78, 5) is 11.0. The first-order valence-corrected chi connectivity index (χ1v) is 11.7. The van der Waals surface area contributed by atoms with Gasteiger partial charge in [0.15, 0.2) is 6.29 Å². The Morgan fingerprint density at radius 3 is 2.67 bits per heavy atom. The summed E-state index contributed by atoms with van der Waals surface area (Å²) in [6.07, 6.45) is 1.89. The van der Waals surface area contributed by atoms with Gasteiger partial charge >= 0.3 is 0 Å². The Hall–Kier alpha value is 0.0400. The first kappa shape index (κ1) is 16.1. The highest BCUT2D eigenvalue weighted by atomic mass is 33.2. The highest BCUT2D eigenvalue weighted by Gasteiger charge is 2.21. The molecule has 0 N–H and O–H groups in total. The molecule has 18 heavy (non-hydrogen) atoms. The summed E-state index contributed by atoms with van der Waals surface area (Å²) in [5.41, 5.74) is 0.570. The fourth-order valence-electron chi connectivity index (χ4n) is 1.23. The van der Waals surface area contributed by atoms with Gasteiger partial charge in [-0.1, -0.05) is 48.7 Å². The first-order valence-electron chi connectivity index (χ1n) is 5.78. The van der Waals surface area contributed by atoms with Gasteiger partial charge in [0.1, 0.15) is 5.75 Å². The number of hydrogen-bond donors (Lipinski definition) is 0. The molecule has 0 bridgehead atoms. The largest absolute Gasteiger partial charge is 0.447 e. The zero-order chi connectivity index (χ0) is 13.4. The predicted molar refractivity (Wildman–Crippen MR) is 87.6 cm³/mol. The quantitative estimate of drug-likeness (QED) is 0.496. The average Bonchev–Trinajstić information content (AvgIpc) is 2.37. The Labute approximate surface area is 122 Å². The maximum absolute atomic E-state index is 11.0. The van der Waals surface area contributed by atoms with E-state index in [9.17, 15) is 4.79 Å². The van der Waals surface area contributed by atoms with Crippen LogP contribution in [0.3, 0.4) is 0 Å². The van der Waals surface area contributed by atoms with E-state index in [4.69, 9.17) is 16.3 Å². The smallest absolute Gasteiger partial charge is 0.222 e. The zero-order valence-electron chi connectivity index (χ0n) is 10.5. The number of carbonyl (C=O) groups excluding carboxylic acids is 1. The number of para-hydroxylation sites is 1. The van der Waals surface area contributed by atoms with Gasteiger partial charge in [-0.25, -0.2) is 0 Å². The SMILES string of the molecule is CCCSP(=S)(Oc1ccccc1C=O)SCC. The van der Waals surface area contributed by atoms with Crippen molar-refractivity contribution in [2.75, 3.05) is 11.5 Å². The maximum atomic E-state index is 11.0. The fraction of sp³-hybridized carbons (Fsp3) is 0.417. The van der Waals surface area contributed by atoms with Crippen LogP contribution in [0.4, 0.5) is 0 Å². The lowest BCUT2D eigenvalue weighted by atomic mass is 10.2. The number of benzene rings is 1. The Morgan fingerprint density at radius 2 is 2.06 bits per heavy atom. The van der Waals surface area contributed by atoms with Gasteiger partial charge in [0.05, 0.1) is 5.56 Å². The van der Waals surface area contributed by atoms with E-state index in [1.807, 2.05) is 18.2 Å². The van der Waals surface area contributed by atoms with Crippen molar-refractivity contribution in [2.45, 2.75) is 20.3 Å². The van der Waals surface area contributed by atoms with Crippen molar-refractivity contribution in [1.29, 1.82) is 0 Å². The molecule has 0 aliphatic heterocycles. The molecule has 0 saturated carbocycles. The number of hydrogen-bond acceptors (Lipinski definition) is 5. The molecule has 1 rings (SSSR count). The van der Waals surface area contributed by atoms with E-state index in [1.165, 1.54) is 0 Å². The maximum Gasteiger partial charge on any atom is 0.222 e. The molecule has 0 aromatic heterocycles. The molecule has 1 atom stereocenters. The third kappa shape index (κ3) is 4.96. The van der Waals surface area contributed by atoms with Crippen molar-refractivity contribution < 1.29 is 9.32 Å². The summed E-state index contributed by atoms with van der Waals surface area (Å²) in [5, 5.41) is 0. The van der Waals surface area contributed by atoms with Gasteiger partial charge < -0.3 is 4.52 Å². The lowest BCUT2D eigenvalue weighted by Crippen LogP contribution is -1.92. The van der Waals surface area contributed by atoms with Gasteiger partial charge in [-0.3, -0.25) is 4.79 Å². The van der Waals surface area contributed by atoms with E-state index >= 15 is 0 Å². The molecule has 1 aromatic rings. The number of carbonyl (C=O) groups is 1. The van der Waals surface area contributed by atoms with Crippen LogP contribution in [0.25, 0.3) is 0 Å². The van der Waals surface area contributed by atoms with Crippen molar-refractivity contribution in [1.82, 2.24) is 0 Å². The Kier molecular flexibility index (Phi) is 7.38. The lowest BCUT2D eigenvalue weighted by molar-refractivity contribution is 0.112. The molecule has 1 unspecified atom stereocenters. The molecule has 2 nitrogen and oxygen atoms in total. The molecule has 0 radical (unpaired) electrons. The minimum absolute atomic E-state index is 0.570. The van der Waals surface area contributed by atoms with Crippen LogP contribution >= 0.6 is 27.4 Å². The van der Waals surface area contributed by atoms with Gasteiger partial charge in [0, 0.05) is 5.75 Å². The summed E-state index contributed by atoms with van der Waals surface area (Å²) in [5.74, 6) is 2.53. The zero-order valence-corrected chi connectivity index (χ0v) is 13.8. The average molecular weight is 320 g/mol. The molecule has 0 saturated heterocycles. The lowest BCUT2D eigenvalue weighted by Gasteiger charge is -2.21. The summed E-state index contributed by atoms with van der Waals surface area (Å²) < 4.78 is 4.00. The molecule has 0 aliphatic carbocycles. The molecular formula is C12H17O2PS3. The molecular weight excluding hydrogens is 303 g/mol. The van der Waals surface area contributed by atoms with Crippen molar-refractivity contribution in [3.05, 3.63) is 29.8 Å². The number of aldehydes is 1. The Balaban J connectivity index is 2.88. The summed E-state index contributed by atoms with van der Waals surface area (Å²) >= 11 is 9.05. The van der Waals surface area contributed by atoms with Crippen LogP contribution in [0.5, 0.6) is 5.75 Å². The summed E-state index contributed by atoms with van der Waals surface area (Å²) in [7, 11) is 0. The monoisotopic (exact) mass is 320 g/mol. The van der Waals surface area contributed by atoms with Gasteiger partial charge in [-0.2, -0.15) is 0 Å². The van der Waals surface area contributed by atoms with Crippen LogP contribution < -0.4 is 4.52 Å². The second-order valence-electron chi connectivity index (χ2n) is 3.45. The third-order valence-electron chi connectivity index (χ3n) is 2.00. The van der Waals surface area contributed by atoms with Crippen LogP contribution in [0.2, 0.25) is 0 Å². The molecule has 6 heteroatoms. The molecule has 0 spiro atoms. The van der Waals surface area contributed by atoms with E-state index in [1.54, 1.807) is 28.8 Å². The van der Waals surface area contributed by atoms with Gasteiger partial charge in [-0.15, -0.1) is 0 Å². The highest BCUT2D eigenvalue weighted by Crippen LogP contribution is 2.69. The Bertz CT molecular complexity index is 437. The van der Waals surface area contributed by atoms with Crippen LogP contribution in [-0.2, 0) is 11.8 Å². The second kappa shape index (κ2) is 8.26. The molecule has 0 fully saturated rings. The molecule has 0 amide bonds. The second-order valence-corrected chi connectivity index (χ2v) is 14.3. The van der Waals surface area contributed by atoms with Crippen LogP contribution in [0, 0.1) is 0 Å². The van der Waals surface area contributed by atoms with Gasteiger partial charge in [0.2, 0.25) is 4.67 Å². The third-order valence-corrected chi connectivity index (χ3v) is 11.6. The Morgan fingerprint density at radius 1 is 1.33 bits per heavy atom. The van der Waals surface area contributed by atoms with Crippen molar-refractivity contribution in [3.8, 4) is 5.75 Å². The highest BCUT2D eigenvalue weighted by molar-refractivity contribution is 8.99. The standard InChI is InChI=1S/C12H17O2PS3/c1-3-9-18-15(16,17-4-2)14-12-8-6-5-7-11(12)10-13/h5-8,10H,3-4,9H2,1-2H3. The summed E-state index contributed by atoms with van der Waals surface area (Å²) in [6.45, 7) is 4.20. The number of rotatable bonds is 8. The predicted octanol–water partition coefficient (Wildman–Crippen LogP) is 5.00. The van der Waals surface area contributed by atoms with Gasteiger partial charge in [0.25, 0.3) is 0 Å². The van der Waals surface area contributed by atoms with E-state index < -0.39 is 4.67 Å². The molecule has 1 aromatic carbocycles. The fourth-order valence-corrected chi connectivity index (χ4v) is 9.88. The minimum Gasteiger partial charge on any atom is -0.447 e.